The molecule has 1 aliphatic rings. The van der Waals surface area contributed by atoms with Gasteiger partial charge in [0.2, 0.25) is 0 Å². The van der Waals surface area contributed by atoms with E-state index in [2.05, 4.69) is 10.4 Å². The first kappa shape index (κ1) is 23.8. The number of rotatable bonds is 7. The number of carbonyl (C=O) groups is 1. The summed E-state index contributed by atoms with van der Waals surface area (Å²) in [4.78, 5) is 26.4. The molecule has 1 aliphatic carbocycles. The fraction of sp³-hybridized carbons (Fsp3) is 0.269. The van der Waals surface area contributed by atoms with Crippen LogP contribution in [0.15, 0.2) is 53.5 Å². The van der Waals surface area contributed by atoms with Crippen LogP contribution < -0.4 is 10.9 Å². The van der Waals surface area contributed by atoms with E-state index < -0.39 is 29.9 Å². The molecule has 5 rings (SSSR count). The minimum Gasteiger partial charge on any atom is -0.394 e. The van der Waals surface area contributed by atoms with Crippen LogP contribution in [0.1, 0.15) is 28.8 Å². The second-order valence-electron chi connectivity index (χ2n) is 9.02. The van der Waals surface area contributed by atoms with Gasteiger partial charge in [0.1, 0.15) is 17.2 Å². The summed E-state index contributed by atoms with van der Waals surface area (Å²) in [6.45, 7) is 0.911. The molecule has 36 heavy (non-hydrogen) atoms. The Kier molecular flexibility index (Phi) is 6.15. The van der Waals surface area contributed by atoms with Crippen molar-refractivity contribution >= 4 is 16.9 Å². The molecule has 2 aromatic carbocycles. The van der Waals surface area contributed by atoms with Crippen molar-refractivity contribution in [2.45, 2.75) is 38.5 Å². The number of amides is 1. The van der Waals surface area contributed by atoms with E-state index in [0.717, 1.165) is 29.2 Å². The van der Waals surface area contributed by atoms with Crippen molar-refractivity contribution in [3.8, 4) is 16.8 Å². The molecule has 1 amide bonds. The number of carbonyl (C=O) groups excluding carboxylic acids is 1. The Morgan fingerprint density at radius 1 is 1.17 bits per heavy atom. The van der Waals surface area contributed by atoms with Crippen LogP contribution in [0.3, 0.4) is 0 Å². The quantitative estimate of drug-likeness (QED) is 0.366. The molecular weight excluding hydrogens is 470 g/mol. The molecule has 8 nitrogen and oxygen atoms in total. The number of hydrogen-bond acceptors (Lipinski definition) is 5. The Hall–Kier alpha value is -3.89. The summed E-state index contributed by atoms with van der Waals surface area (Å²) in [5, 5.41) is 27.2. The zero-order chi connectivity index (χ0) is 25.6. The third kappa shape index (κ3) is 4.40. The van der Waals surface area contributed by atoms with Crippen molar-refractivity contribution in [2.75, 3.05) is 6.61 Å². The maximum absolute atomic E-state index is 14.6. The molecule has 0 aliphatic heterocycles. The van der Waals surface area contributed by atoms with Gasteiger partial charge < -0.3 is 15.5 Å². The first-order valence-corrected chi connectivity index (χ1v) is 11.5. The average Bonchev–Trinajstić information content (AvgIpc) is 3.57. The van der Waals surface area contributed by atoms with E-state index >= 15 is 0 Å². The zero-order valence-electron chi connectivity index (χ0n) is 19.4. The van der Waals surface area contributed by atoms with Crippen molar-refractivity contribution in [3.05, 3.63) is 81.8 Å². The number of pyridine rings is 1. The molecule has 0 saturated heterocycles. The van der Waals surface area contributed by atoms with Gasteiger partial charge in [0, 0.05) is 28.6 Å². The highest BCUT2D eigenvalue weighted by molar-refractivity contribution is 5.96. The first-order valence-electron chi connectivity index (χ1n) is 11.5. The SMILES string of the molecule is Cc1ccc(C(=O)NC2CC2)cc1-c1cc2cnn(-c3ccc(F)cc3F)c2n(CC(O)CO)c1=O. The van der Waals surface area contributed by atoms with Gasteiger partial charge in [-0.1, -0.05) is 6.07 Å². The predicted octanol–water partition coefficient (Wildman–Crippen LogP) is 2.69. The number of aliphatic hydroxyl groups excluding tert-OH is 2. The summed E-state index contributed by atoms with van der Waals surface area (Å²) in [5.74, 6) is -1.87. The van der Waals surface area contributed by atoms with Crippen LogP contribution >= 0.6 is 0 Å². The first-order chi connectivity index (χ1) is 17.3. The van der Waals surface area contributed by atoms with Crippen molar-refractivity contribution < 1.29 is 23.8 Å². The van der Waals surface area contributed by atoms with Gasteiger partial charge in [0.25, 0.3) is 11.5 Å². The van der Waals surface area contributed by atoms with Gasteiger partial charge in [-0.25, -0.2) is 13.5 Å². The lowest BCUT2D eigenvalue weighted by Gasteiger charge is -2.17. The Labute approximate surface area is 204 Å². The topological polar surface area (TPSA) is 109 Å². The van der Waals surface area contributed by atoms with E-state index in [9.17, 15) is 28.6 Å². The highest BCUT2D eigenvalue weighted by atomic mass is 19.1. The second-order valence-corrected chi connectivity index (χ2v) is 9.02. The summed E-state index contributed by atoms with van der Waals surface area (Å²) < 4.78 is 30.5. The minimum absolute atomic E-state index is 0.0827. The lowest BCUT2D eigenvalue weighted by molar-refractivity contribution is 0.0812. The molecular formula is C26H24F2N4O4. The Morgan fingerprint density at radius 2 is 1.94 bits per heavy atom. The monoisotopic (exact) mass is 494 g/mol. The predicted molar refractivity (Wildman–Crippen MR) is 129 cm³/mol. The maximum Gasteiger partial charge on any atom is 0.260 e. The van der Waals surface area contributed by atoms with Gasteiger partial charge in [0.15, 0.2) is 5.82 Å². The molecule has 1 unspecified atom stereocenters. The highest BCUT2D eigenvalue weighted by Crippen LogP contribution is 2.28. The largest absolute Gasteiger partial charge is 0.394 e. The molecule has 1 fully saturated rings. The molecule has 3 N–H and O–H groups in total. The van der Waals surface area contributed by atoms with Crippen LogP contribution in [-0.4, -0.2) is 49.2 Å². The third-order valence-electron chi connectivity index (χ3n) is 6.25. The number of halogens is 2. The smallest absolute Gasteiger partial charge is 0.260 e. The number of benzene rings is 2. The molecule has 0 spiro atoms. The minimum atomic E-state index is -1.28. The van der Waals surface area contributed by atoms with E-state index in [1.165, 1.54) is 16.8 Å². The Balaban J connectivity index is 1.71. The maximum atomic E-state index is 14.6. The summed E-state index contributed by atoms with van der Waals surface area (Å²) in [7, 11) is 0. The van der Waals surface area contributed by atoms with Crippen LogP contribution in [-0.2, 0) is 6.54 Å². The standard InChI is InChI=1S/C26H24F2N4O4/c1-14-2-3-15(24(35)30-18-5-6-18)8-20(14)21-9-16-11-29-32(23-7-4-17(27)10-22(23)28)25(16)31(26(21)36)12-19(34)13-33/h2-4,7-11,18-19,33-34H,5-6,12-13H2,1H3,(H,30,35). The molecule has 186 valence electrons. The van der Waals surface area contributed by atoms with Gasteiger partial charge in [-0.05, 0) is 61.2 Å². The molecule has 10 heteroatoms. The van der Waals surface area contributed by atoms with Crippen LogP contribution in [0.4, 0.5) is 8.78 Å². The number of nitrogens with one attached hydrogen (secondary N) is 1. The number of nitrogens with zero attached hydrogens (tertiary/aromatic N) is 3. The van der Waals surface area contributed by atoms with Crippen LogP contribution in [0.25, 0.3) is 27.8 Å². The average molecular weight is 494 g/mol. The lowest BCUT2D eigenvalue weighted by Crippen LogP contribution is -2.31. The molecule has 1 atom stereocenters. The van der Waals surface area contributed by atoms with Crippen molar-refractivity contribution in [2.24, 2.45) is 0 Å². The lowest BCUT2D eigenvalue weighted by atomic mass is 9.98. The molecule has 4 aromatic rings. The van der Waals surface area contributed by atoms with E-state index in [1.54, 1.807) is 24.3 Å². The summed E-state index contributed by atoms with van der Waals surface area (Å²) in [6.07, 6.45) is 2.04. The third-order valence-corrected chi connectivity index (χ3v) is 6.25. The number of aryl methyl sites for hydroxylation is 1. The molecule has 2 aromatic heterocycles. The number of hydrogen-bond donors (Lipinski definition) is 3. The van der Waals surface area contributed by atoms with E-state index in [-0.39, 0.29) is 35.4 Å². The van der Waals surface area contributed by atoms with Crippen molar-refractivity contribution in [1.29, 1.82) is 0 Å². The van der Waals surface area contributed by atoms with Gasteiger partial charge in [-0.3, -0.25) is 14.2 Å². The Morgan fingerprint density at radius 3 is 2.64 bits per heavy atom. The van der Waals surface area contributed by atoms with Gasteiger partial charge in [0.05, 0.1) is 25.5 Å². The van der Waals surface area contributed by atoms with Gasteiger partial charge in [-0.15, -0.1) is 0 Å². The number of aliphatic hydroxyl groups is 2. The summed E-state index contributed by atoms with van der Waals surface area (Å²) >= 11 is 0. The van der Waals surface area contributed by atoms with Gasteiger partial charge >= 0.3 is 0 Å². The van der Waals surface area contributed by atoms with Crippen molar-refractivity contribution in [3.63, 3.8) is 0 Å². The van der Waals surface area contributed by atoms with E-state index in [4.69, 9.17) is 0 Å². The normalized spacial score (nSPS) is 14.2. The number of aromatic nitrogens is 3. The summed E-state index contributed by atoms with van der Waals surface area (Å²) in [5.41, 5.74) is 1.50. The molecule has 2 heterocycles. The molecule has 0 bridgehead atoms. The van der Waals surface area contributed by atoms with Crippen molar-refractivity contribution in [1.82, 2.24) is 19.7 Å². The second kappa shape index (κ2) is 9.29. The summed E-state index contributed by atoms with van der Waals surface area (Å²) in [6, 6.07) is 9.85. The Bertz CT molecular complexity index is 1540. The molecule has 1 saturated carbocycles. The molecule has 0 radical (unpaired) electrons. The van der Waals surface area contributed by atoms with Crippen LogP contribution in [0.2, 0.25) is 0 Å². The fourth-order valence-corrected chi connectivity index (χ4v) is 4.20. The van der Waals surface area contributed by atoms with Crippen LogP contribution in [0, 0.1) is 18.6 Å². The zero-order valence-corrected chi connectivity index (χ0v) is 19.4. The number of fused-ring (bicyclic) bond motifs is 1. The highest BCUT2D eigenvalue weighted by Gasteiger charge is 2.25. The fourth-order valence-electron chi connectivity index (χ4n) is 4.20. The van der Waals surface area contributed by atoms with Gasteiger partial charge in [-0.2, -0.15) is 5.10 Å². The van der Waals surface area contributed by atoms with E-state index in [1.807, 2.05) is 6.92 Å². The van der Waals surface area contributed by atoms with Crippen LogP contribution in [0.5, 0.6) is 0 Å². The van der Waals surface area contributed by atoms with E-state index in [0.29, 0.717) is 22.6 Å².